The monoisotopic (exact) mass is 516 g/mol. The van der Waals surface area contributed by atoms with Crippen LogP contribution in [0.15, 0.2) is 72.8 Å². The van der Waals surface area contributed by atoms with E-state index in [2.05, 4.69) is 35.2 Å². The highest BCUT2D eigenvalue weighted by atomic mass is 19.1. The fourth-order valence-corrected chi connectivity index (χ4v) is 6.14. The second-order valence-electron chi connectivity index (χ2n) is 10.6. The molecule has 2 unspecified atom stereocenters. The van der Waals surface area contributed by atoms with Gasteiger partial charge in [-0.1, -0.05) is 42.5 Å². The zero-order valence-electron chi connectivity index (χ0n) is 22.3. The predicted octanol–water partition coefficient (Wildman–Crippen LogP) is 5.65. The van der Waals surface area contributed by atoms with E-state index < -0.39 is 0 Å². The lowest BCUT2D eigenvalue weighted by Gasteiger charge is -2.34. The van der Waals surface area contributed by atoms with Gasteiger partial charge in [0.25, 0.3) is 5.91 Å². The highest BCUT2D eigenvalue weighted by Gasteiger charge is 2.38. The minimum absolute atomic E-state index is 0.0311. The van der Waals surface area contributed by atoms with Crippen LogP contribution in [0.4, 0.5) is 4.39 Å². The molecule has 3 aromatic rings. The molecular formula is C32H37FN2O3. The number of methoxy groups -OCH3 is 2. The highest BCUT2D eigenvalue weighted by molar-refractivity contribution is 5.95. The SMILES string of the molecule is COc1ccc(C(=O)N2CC(CN3CCC(Cc4ccccc4)CC3)C(c3cccc(F)c3)C2)cc1OC. The summed E-state index contributed by atoms with van der Waals surface area (Å²) in [4.78, 5) is 18.0. The van der Waals surface area contributed by atoms with Gasteiger partial charge in [-0.05, 0) is 85.6 Å². The molecule has 2 saturated heterocycles. The molecule has 1 amide bonds. The molecule has 38 heavy (non-hydrogen) atoms. The molecule has 3 aromatic carbocycles. The van der Waals surface area contributed by atoms with Crippen molar-refractivity contribution in [3.05, 3.63) is 95.3 Å². The van der Waals surface area contributed by atoms with Crippen molar-refractivity contribution >= 4 is 5.91 Å². The summed E-state index contributed by atoms with van der Waals surface area (Å²) in [6, 6.07) is 22.9. The number of likely N-dealkylation sites (tertiary alicyclic amines) is 2. The maximum absolute atomic E-state index is 14.2. The molecule has 0 aromatic heterocycles. The lowest BCUT2D eigenvalue weighted by molar-refractivity contribution is 0.0780. The number of amides is 1. The van der Waals surface area contributed by atoms with Gasteiger partial charge in [-0.2, -0.15) is 0 Å². The summed E-state index contributed by atoms with van der Waals surface area (Å²) in [5.41, 5.74) is 2.96. The number of carbonyl (C=O) groups is 1. The van der Waals surface area contributed by atoms with E-state index in [1.807, 2.05) is 11.0 Å². The van der Waals surface area contributed by atoms with E-state index in [9.17, 15) is 9.18 Å². The van der Waals surface area contributed by atoms with Gasteiger partial charge in [-0.3, -0.25) is 4.79 Å². The molecule has 0 bridgehead atoms. The van der Waals surface area contributed by atoms with Gasteiger partial charge in [-0.15, -0.1) is 0 Å². The van der Waals surface area contributed by atoms with Gasteiger partial charge in [0.15, 0.2) is 11.5 Å². The van der Waals surface area contributed by atoms with Crippen molar-refractivity contribution in [3.8, 4) is 11.5 Å². The summed E-state index contributed by atoms with van der Waals surface area (Å²) in [6.45, 7) is 4.26. The Bertz CT molecular complexity index is 1230. The van der Waals surface area contributed by atoms with Crippen LogP contribution in [0.25, 0.3) is 0 Å². The van der Waals surface area contributed by atoms with Crippen LogP contribution in [0.3, 0.4) is 0 Å². The Morgan fingerprint density at radius 1 is 0.895 bits per heavy atom. The van der Waals surface area contributed by atoms with Crippen LogP contribution >= 0.6 is 0 Å². The second-order valence-corrected chi connectivity index (χ2v) is 10.6. The number of piperidine rings is 1. The summed E-state index contributed by atoms with van der Waals surface area (Å²) < 4.78 is 24.9. The minimum Gasteiger partial charge on any atom is -0.493 e. The molecule has 2 heterocycles. The molecule has 0 N–H and O–H groups in total. The average molecular weight is 517 g/mol. The van der Waals surface area contributed by atoms with Gasteiger partial charge in [0.1, 0.15) is 5.82 Å². The maximum atomic E-state index is 14.2. The number of ether oxygens (including phenoxy) is 2. The Morgan fingerprint density at radius 2 is 1.66 bits per heavy atom. The Hall–Kier alpha value is -3.38. The van der Waals surface area contributed by atoms with Gasteiger partial charge in [-0.25, -0.2) is 4.39 Å². The van der Waals surface area contributed by atoms with E-state index in [4.69, 9.17) is 9.47 Å². The van der Waals surface area contributed by atoms with Crippen LogP contribution in [0, 0.1) is 17.7 Å². The molecule has 2 atom stereocenters. The molecule has 0 radical (unpaired) electrons. The topological polar surface area (TPSA) is 42.0 Å². The molecule has 0 aliphatic carbocycles. The summed E-state index contributed by atoms with van der Waals surface area (Å²) in [5, 5.41) is 0. The number of halogens is 1. The number of rotatable bonds is 8. The second kappa shape index (κ2) is 12.0. The normalized spacial score (nSPS) is 20.4. The van der Waals surface area contributed by atoms with Crippen molar-refractivity contribution in [1.82, 2.24) is 9.80 Å². The van der Waals surface area contributed by atoms with Crippen molar-refractivity contribution in [2.45, 2.75) is 25.2 Å². The van der Waals surface area contributed by atoms with Crippen LogP contribution in [0.2, 0.25) is 0 Å². The molecule has 5 rings (SSSR count). The van der Waals surface area contributed by atoms with Gasteiger partial charge in [0, 0.05) is 31.1 Å². The molecule has 6 heteroatoms. The fraction of sp³-hybridized carbons (Fsp3) is 0.406. The summed E-state index contributed by atoms with van der Waals surface area (Å²) in [5.74, 6) is 1.91. The summed E-state index contributed by atoms with van der Waals surface area (Å²) in [6.07, 6.45) is 3.50. The lowest BCUT2D eigenvalue weighted by atomic mass is 9.86. The predicted molar refractivity (Wildman–Crippen MR) is 147 cm³/mol. The van der Waals surface area contributed by atoms with Crippen molar-refractivity contribution in [2.75, 3.05) is 46.9 Å². The molecule has 0 saturated carbocycles. The van der Waals surface area contributed by atoms with Gasteiger partial charge >= 0.3 is 0 Å². The van der Waals surface area contributed by atoms with Gasteiger partial charge in [0.2, 0.25) is 0 Å². The quantitative estimate of drug-likeness (QED) is 0.388. The molecule has 5 nitrogen and oxygen atoms in total. The number of nitrogens with zero attached hydrogens (tertiary/aromatic N) is 2. The zero-order chi connectivity index (χ0) is 26.5. The lowest BCUT2D eigenvalue weighted by Crippen LogP contribution is -2.39. The minimum atomic E-state index is -0.229. The third-order valence-corrected chi connectivity index (χ3v) is 8.20. The standard InChI is InChI=1S/C32H37FN2O3/c1-37-30-12-11-26(19-31(30)38-2)32(36)35-21-27(29(22-35)25-9-6-10-28(33)18-25)20-34-15-13-24(14-16-34)17-23-7-4-3-5-8-23/h3-12,18-19,24,27,29H,13-17,20-22H2,1-2H3. The van der Waals surface area contributed by atoms with Gasteiger partial charge in [0.05, 0.1) is 14.2 Å². The smallest absolute Gasteiger partial charge is 0.254 e. The van der Waals surface area contributed by atoms with Crippen LogP contribution < -0.4 is 9.47 Å². The van der Waals surface area contributed by atoms with E-state index in [0.29, 0.717) is 36.1 Å². The van der Waals surface area contributed by atoms with Gasteiger partial charge < -0.3 is 19.3 Å². The molecule has 2 aliphatic rings. The largest absolute Gasteiger partial charge is 0.493 e. The van der Waals surface area contributed by atoms with Crippen molar-refractivity contribution in [3.63, 3.8) is 0 Å². The van der Waals surface area contributed by atoms with Crippen molar-refractivity contribution in [2.24, 2.45) is 11.8 Å². The van der Waals surface area contributed by atoms with Crippen LogP contribution in [0.5, 0.6) is 11.5 Å². The highest BCUT2D eigenvalue weighted by Crippen LogP contribution is 2.36. The van der Waals surface area contributed by atoms with Crippen molar-refractivity contribution in [1.29, 1.82) is 0 Å². The first kappa shape index (κ1) is 26.2. The van der Waals surface area contributed by atoms with E-state index in [1.54, 1.807) is 44.6 Å². The van der Waals surface area contributed by atoms with E-state index in [0.717, 1.165) is 31.6 Å². The summed E-state index contributed by atoms with van der Waals surface area (Å²) in [7, 11) is 3.15. The molecule has 0 spiro atoms. The first-order valence-electron chi connectivity index (χ1n) is 13.6. The van der Waals surface area contributed by atoms with E-state index in [1.165, 1.54) is 24.5 Å². The summed E-state index contributed by atoms with van der Waals surface area (Å²) >= 11 is 0. The van der Waals surface area contributed by atoms with Crippen LogP contribution in [0.1, 0.15) is 40.2 Å². The molecule has 2 fully saturated rings. The Labute approximate surface area is 225 Å². The fourth-order valence-electron chi connectivity index (χ4n) is 6.14. The number of hydrogen-bond acceptors (Lipinski definition) is 4. The van der Waals surface area contributed by atoms with E-state index in [-0.39, 0.29) is 23.6 Å². The maximum Gasteiger partial charge on any atom is 0.254 e. The number of benzene rings is 3. The van der Waals surface area contributed by atoms with Crippen LogP contribution in [-0.4, -0.2) is 62.7 Å². The Morgan fingerprint density at radius 3 is 2.37 bits per heavy atom. The molecule has 2 aliphatic heterocycles. The first-order chi connectivity index (χ1) is 18.5. The average Bonchev–Trinajstić information content (AvgIpc) is 3.37. The van der Waals surface area contributed by atoms with Crippen LogP contribution in [-0.2, 0) is 6.42 Å². The third kappa shape index (κ3) is 6.02. The zero-order valence-corrected chi connectivity index (χ0v) is 22.3. The first-order valence-corrected chi connectivity index (χ1v) is 13.6. The number of hydrogen-bond donors (Lipinski definition) is 0. The third-order valence-electron chi connectivity index (χ3n) is 8.20. The molecular weight excluding hydrogens is 479 g/mol. The van der Waals surface area contributed by atoms with Crippen molar-refractivity contribution < 1.29 is 18.7 Å². The van der Waals surface area contributed by atoms with E-state index >= 15 is 0 Å². The Kier molecular flexibility index (Phi) is 8.28. The molecule has 200 valence electrons. The Balaban J connectivity index is 1.28. The number of carbonyl (C=O) groups excluding carboxylic acids is 1.